The van der Waals surface area contributed by atoms with Gasteiger partial charge in [-0.05, 0) is 78.8 Å². The molecule has 36 heavy (non-hydrogen) atoms. The second-order valence-corrected chi connectivity index (χ2v) is 12.1. The van der Waals surface area contributed by atoms with E-state index in [2.05, 4.69) is 19.2 Å². The van der Waals surface area contributed by atoms with E-state index in [4.69, 9.17) is 44.6 Å². The highest BCUT2D eigenvalue weighted by molar-refractivity contribution is 6.35. The van der Waals surface area contributed by atoms with Gasteiger partial charge in [-0.2, -0.15) is 5.10 Å². The van der Waals surface area contributed by atoms with Gasteiger partial charge in [0.2, 0.25) is 0 Å². The van der Waals surface area contributed by atoms with E-state index >= 15 is 0 Å². The van der Waals surface area contributed by atoms with Crippen molar-refractivity contribution in [1.82, 2.24) is 15.1 Å². The molecule has 188 valence electrons. The number of carbonyl (C=O) groups is 1. The third-order valence-corrected chi connectivity index (χ3v) is 9.44. The maximum Gasteiger partial charge on any atom is 0.272 e. The fourth-order valence-corrected chi connectivity index (χ4v) is 7.21. The molecule has 7 rings (SSSR count). The molecule has 2 heterocycles. The number of halogens is 3. The summed E-state index contributed by atoms with van der Waals surface area (Å²) in [7, 11) is 0. The predicted molar refractivity (Wildman–Crippen MR) is 144 cm³/mol. The number of nitrogens with zero attached hydrogens (tertiary/aromatic N) is 2. The molecule has 3 atom stereocenters. The van der Waals surface area contributed by atoms with E-state index in [1.165, 1.54) is 19.3 Å². The van der Waals surface area contributed by atoms with Crippen LogP contribution in [0.4, 0.5) is 0 Å². The predicted octanol–water partition coefficient (Wildman–Crippen LogP) is 7.24. The number of amides is 1. The highest BCUT2D eigenvalue weighted by Gasteiger charge is 2.54. The Kier molecular flexibility index (Phi) is 6.01. The van der Waals surface area contributed by atoms with Gasteiger partial charge < -0.3 is 10.1 Å². The van der Waals surface area contributed by atoms with Crippen molar-refractivity contribution < 1.29 is 9.53 Å². The lowest BCUT2D eigenvalue weighted by Gasteiger charge is -2.60. The topological polar surface area (TPSA) is 56.2 Å². The second kappa shape index (κ2) is 8.97. The number of hydrogen-bond acceptors (Lipinski definition) is 3. The summed E-state index contributed by atoms with van der Waals surface area (Å²) in [4.78, 5) is 13.6. The van der Waals surface area contributed by atoms with Crippen molar-refractivity contribution in [3.05, 3.63) is 62.7 Å². The van der Waals surface area contributed by atoms with Crippen molar-refractivity contribution >= 4 is 40.7 Å². The van der Waals surface area contributed by atoms with Crippen LogP contribution in [0.2, 0.25) is 15.1 Å². The number of carbonyl (C=O) groups excluding carboxylic acids is 1. The zero-order chi connectivity index (χ0) is 25.2. The molecule has 3 unspecified atom stereocenters. The van der Waals surface area contributed by atoms with Gasteiger partial charge in [0.1, 0.15) is 5.75 Å². The van der Waals surface area contributed by atoms with Gasteiger partial charge in [-0.25, -0.2) is 4.68 Å². The first-order valence-electron chi connectivity index (χ1n) is 12.5. The molecule has 2 aromatic carbocycles. The van der Waals surface area contributed by atoms with Gasteiger partial charge in [-0.15, -0.1) is 0 Å². The van der Waals surface area contributed by atoms with E-state index in [0.29, 0.717) is 69.0 Å². The number of fused-ring (bicyclic) bond motifs is 5. The average molecular weight is 545 g/mol. The molecule has 1 aliphatic heterocycles. The fraction of sp³-hybridized carbons (Fsp3) is 0.429. The molecule has 5 nitrogen and oxygen atoms in total. The highest BCUT2D eigenvalue weighted by atomic mass is 35.5. The summed E-state index contributed by atoms with van der Waals surface area (Å²) >= 11 is 19.0. The standard InChI is InChI=1S/C28H28Cl3N3O2/c1-28(2)16-4-3-15(21(28)11-16)14-32-27(35)25-20-9-10-36-24-13-18(30)5-7-19(24)26(20)34(33-25)23-8-6-17(29)12-22(23)31/h5-8,12-13,15-16,21H,3-4,9-11,14H2,1-2H3,(H,32,35). The van der Waals surface area contributed by atoms with Gasteiger partial charge in [0, 0.05) is 34.1 Å². The fourth-order valence-electron chi connectivity index (χ4n) is 6.56. The number of hydrogen-bond donors (Lipinski definition) is 1. The lowest BCUT2D eigenvalue weighted by molar-refractivity contribution is -0.103. The van der Waals surface area contributed by atoms with Crippen LogP contribution in [0.5, 0.6) is 5.75 Å². The Morgan fingerprint density at radius 2 is 1.92 bits per heavy atom. The quantitative estimate of drug-likeness (QED) is 0.377. The molecule has 3 fully saturated rings. The minimum atomic E-state index is -0.160. The Labute approximate surface area is 226 Å². The smallest absolute Gasteiger partial charge is 0.272 e. The number of ether oxygens (including phenoxy) is 1. The molecule has 2 bridgehead atoms. The van der Waals surface area contributed by atoms with Crippen LogP contribution in [-0.2, 0) is 6.42 Å². The molecule has 3 aromatic rings. The largest absolute Gasteiger partial charge is 0.492 e. The molecule has 1 N–H and O–H groups in total. The number of nitrogens with one attached hydrogen (secondary N) is 1. The molecule has 0 spiro atoms. The molecule has 3 saturated carbocycles. The van der Waals surface area contributed by atoms with Gasteiger partial charge in [0.15, 0.2) is 5.69 Å². The summed E-state index contributed by atoms with van der Waals surface area (Å²) in [6.45, 7) is 5.84. The first-order chi connectivity index (χ1) is 17.2. The lowest BCUT2D eigenvalue weighted by atomic mass is 9.45. The number of rotatable bonds is 4. The van der Waals surface area contributed by atoms with E-state index in [-0.39, 0.29) is 5.91 Å². The minimum absolute atomic E-state index is 0.160. The van der Waals surface area contributed by atoms with Crippen molar-refractivity contribution in [3.8, 4) is 22.7 Å². The zero-order valence-electron chi connectivity index (χ0n) is 20.3. The molecule has 3 aliphatic carbocycles. The summed E-state index contributed by atoms with van der Waals surface area (Å²) in [6.07, 6.45) is 4.24. The monoisotopic (exact) mass is 543 g/mol. The average Bonchev–Trinajstić information content (AvgIpc) is 3.11. The number of benzene rings is 2. The first kappa shape index (κ1) is 24.1. The van der Waals surface area contributed by atoms with Crippen LogP contribution < -0.4 is 10.1 Å². The van der Waals surface area contributed by atoms with E-state index in [1.807, 2.05) is 18.2 Å². The van der Waals surface area contributed by atoms with Crippen LogP contribution >= 0.6 is 34.8 Å². The third kappa shape index (κ3) is 3.91. The summed E-state index contributed by atoms with van der Waals surface area (Å²) in [5, 5.41) is 9.61. The van der Waals surface area contributed by atoms with Crippen molar-refractivity contribution in [1.29, 1.82) is 0 Å². The van der Waals surface area contributed by atoms with Crippen LogP contribution in [0.25, 0.3) is 16.9 Å². The van der Waals surface area contributed by atoms with E-state index < -0.39 is 0 Å². The van der Waals surface area contributed by atoms with Crippen molar-refractivity contribution in [2.24, 2.45) is 23.2 Å². The maximum atomic E-state index is 13.6. The van der Waals surface area contributed by atoms with Gasteiger partial charge in [-0.3, -0.25) is 4.79 Å². The van der Waals surface area contributed by atoms with Crippen molar-refractivity contribution in [2.45, 2.75) is 39.5 Å². The first-order valence-corrected chi connectivity index (χ1v) is 13.7. The molecule has 1 aromatic heterocycles. The van der Waals surface area contributed by atoms with Crippen LogP contribution in [-0.4, -0.2) is 28.8 Å². The van der Waals surface area contributed by atoms with E-state index in [1.54, 1.807) is 22.9 Å². The van der Waals surface area contributed by atoms with E-state index in [9.17, 15) is 4.79 Å². The van der Waals surface area contributed by atoms with Gasteiger partial charge >= 0.3 is 0 Å². The summed E-state index contributed by atoms with van der Waals surface area (Å²) < 4.78 is 7.77. The maximum absolute atomic E-state index is 13.6. The Bertz CT molecular complexity index is 1360. The normalized spacial score (nSPS) is 23.5. The molecule has 1 amide bonds. The second-order valence-electron chi connectivity index (χ2n) is 10.8. The van der Waals surface area contributed by atoms with Crippen LogP contribution in [0.15, 0.2) is 36.4 Å². The third-order valence-electron chi connectivity index (χ3n) is 8.67. The van der Waals surface area contributed by atoms with Crippen molar-refractivity contribution in [3.63, 3.8) is 0 Å². The summed E-state index contributed by atoms with van der Waals surface area (Å²) in [5.41, 5.74) is 3.87. The van der Waals surface area contributed by atoms with Gasteiger partial charge in [-0.1, -0.05) is 48.7 Å². The van der Waals surface area contributed by atoms with Crippen LogP contribution in [0.1, 0.15) is 49.2 Å². The molecular weight excluding hydrogens is 517 g/mol. The highest BCUT2D eigenvalue weighted by Crippen LogP contribution is 2.61. The minimum Gasteiger partial charge on any atom is -0.492 e. The number of aromatic nitrogens is 2. The van der Waals surface area contributed by atoms with Gasteiger partial charge in [0.25, 0.3) is 5.91 Å². The lowest BCUT2D eigenvalue weighted by Crippen LogP contribution is -2.54. The summed E-state index contributed by atoms with van der Waals surface area (Å²) in [5.74, 6) is 2.50. The molecule has 8 heteroatoms. The Morgan fingerprint density at radius 3 is 2.67 bits per heavy atom. The van der Waals surface area contributed by atoms with Gasteiger partial charge in [0.05, 0.1) is 23.0 Å². The summed E-state index contributed by atoms with van der Waals surface area (Å²) in [6, 6.07) is 10.8. The Hall–Kier alpha value is -2.21. The molecule has 0 saturated heterocycles. The zero-order valence-corrected chi connectivity index (χ0v) is 22.6. The van der Waals surface area contributed by atoms with Crippen molar-refractivity contribution in [2.75, 3.05) is 13.2 Å². The molecule has 4 aliphatic rings. The van der Waals surface area contributed by atoms with E-state index in [0.717, 1.165) is 22.7 Å². The van der Waals surface area contributed by atoms with Crippen LogP contribution in [0, 0.1) is 23.2 Å². The van der Waals surface area contributed by atoms with Crippen LogP contribution in [0.3, 0.4) is 0 Å². The SMILES string of the molecule is CC1(C)C2CCC(CNC(=O)c3nn(-c4ccc(Cl)cc4Cl)c4c3CCOc3cc(Cl)ccc3-4)C1C2. The Balaban J connectivity index is 1.39. The molecule has 0 radical (unpaired) electrons. The molecular formula is C28H28Cl3N3O2. The Morgan fingerprint density at radius 1 is 1.14 bits per heavy atom.